The number of hydrogen-bond acceptors (Lipinski definition) is 4. The molecule has 0 aliphatic rings. The van der Waals surface area contributed by atoms with Crippen LogP contribution in [0.4, 0.5) is 5.82 Å². The Morgan fingerprint density at radius 1 is 1.53 bits per heavy atom. The highest BCUT2D eigenvalue weighted by atomic mass is 35.5. The predicted molar refractivity (Wildman–Crippen MR) is 70.4 cm³/mol. The van der Waals surface area contributed by atoms with E-state index in [2.05, 4.69) is 17.2 Å². The molecule has 0 saturated carbocycles. The summed E-state index contributed by atoms with van der Waals surface area (Å²) in [6.45, 7) is 2.56. The highest BCUT2D eigenvalue weighted by Crippen LogP contribution is 2.18. The highest BCUT2D eigenvalue weighted by Gasteiger charge is 2.14. The molecule has 0 aliphatic carbocycles. The summed E-state index contributed by atoms with van der Waals surface area (Å²) < 4.78 is 23.0. The van der Waals surface area contributed by atoms with Crippen molar-refractivity contribution >= 4 is 27.3 Å². The van der Waals surface area contributed by atoms with Crippen LogP contribution in [0.3, 0.4) is 0 Å². The summed E-state index contributed by atoms with van der Waals surface area (Å²) in [5.74, 6) is 0.372. The molecule has 17 heavy (non-hydrogen) atoms. The summed E-state index contributed by atoms with van der Waals surface area (Å²) in [6, 6.07) is 3.14. The van der Waals surface area contributed by atoms with Gasteiger partial charge in [0.05, 0.1) is 5.38 Å². The van der Waals surface area contributed by atoms with Gasteiger partial charge in [0.1, 0.15) is 10.7 Å². The van der Waals surface area contributed by atoms with E-state index in [1.54, 1.807) is 12.3 Å². The quantitative estimate of drug-likeness (QED) is 0.810. The standard InChI is InChI=1S/C11H17ClN2O2S/c1-3-5-9(12)8-14-11-10(17(2,15)16)6-4-7-13-11/h4,6-7,9H,3,5,8H2,1-2H3,(H,13,14). The second-order valence-corrected chi connectivity index (χ2v) is 6.49. The van der Waals surface area contributed by atoms with Gasteiger partial charge in [-0.25, -0.2) is 13.4 Å². The number of pyridine rings is 1. The van der Waals surface area contributed by atoms with Crippen molar-refractivity contribution in [3.05, 3.63) is 18.3 Å². The van der Waals surface area contributed by atoms with Crippen molar-refractivity contribution in [2.75, 3.05) is 18.1 Å². The molecule has 1 unspecified atom stereocenters. The van der Waals surface area contributed by atoms with Gasteiger partial charge in [-0.15, -0.1) is 11.6 Å². The maximum absolute atomic E-state index is 11.5. The fraction of sp³-hybridized carbons (Fsp3) is 0.545. The Morgan fingerprint density at radius 2 is 2.24 bits per heavy atom. The normalized spacial score (nSPS) is 13.4. The van der Waals surface area contributed by atoms with E-state index in [4.69, 9.17) is 11.6 Å². The van der Waals surface area contributed by atoms with E-state index in [1.165, 1.54) is 12.3 Å². The number of hydrogen-bond donors (Lipinski definition) is 1. The number of halogens is 1. The van der Waals surface area contributed by atoms with Crippen molar-refractivity contribution < 1.29 is 8.42 Å². The topological polar surface area (TPSA) is 59.1 Å². The molecule has 0 fully saturated rings. The number of nitrogens with zero attached hydrogens (tertiary/aromatic N) is 1. The van der Waals surface area contributed by atoms with Crippen LogP contribution in [0.5, 0.6) is 0 Å². The molecule has 1 rings (SSSR count). The average molecular weight is 277 g/mol. The van der Waals surface area contributed by atoms with Gasteiger partial charge in [-0.2, -0.15) is 0 Å². The van der Waals surface area contributed by atoms with Crippen LogP contribution in [0, 0.1) is 0 Å². The number of nitrogens with one attached hydrogen (secondary N) is 1. The lowest BCUT2D eigenvalue weighted by Crippen LogP contribution is -2.16. The van der Waals surface area contributed by atoms with Gasteiger partial charge in [-0.3, -0.25) is 0 Å². The van der Waals surface area contributed by atoms with Crippen molar-refractivity contribution in [1.82, 2.24) is 4.98 Å². The monoisotopic (exact) mass is 276 g/mol. The van der Waals surface area contributed by atoms with Crippen LogP contribution in [0.15, 0.2) is 23.2 Å². The third kappa shape index (κ3) is 4.52. The number of rotatable bonds is 6. The Hall–Kier alpha value is -0.810. The molecule has 1 N–H and O–H groups in total. The Bertz CT molecular complexity index is 462. The van der Waals surface area contributed by atoms with Crippen molar-refractivity contribution in [3.8, 4) is 0 Å². The van der Waals surface area contributed by atoms with Crippen LogP contribution in [0.2, 0.25) is 0 Å². The summed E-state index contributed by atoms with van der Waals surface area (Å²) in [6.07, 6.45) is 4.60. The van der Waals surface area contributed by atoms with Crippen molar-refractivity contribution in [2.45, 2.75) is 30.0 Å². The number of sulfone groups is 1. The van der Waals surface area contributed by atoms with Gasteiger partial charge in [0, 0.05) is 19.0 Å². The van der Waals surface area contributed by atoms with Crippen LogP contribution in [0.1, 0.15) is 19.8 Å². The first kappa shape index (κ1) is 14.3. The van der Waals surface area contributed by atoms with Crippen LogP contribution in [-0.4, -0.2) is 31.6 Å². The van der Waals surface area contributed by atoms with E-state index in [1.807, 2.05) is 0 Å². The summed E-state index contributed by atoms with van der Waals surface area (Å²) in [5, 5.41) is 2.96. The van der Waals surface area contributed by atoms with Crippen LogP contribution in [-0.2, 0) is 9.84 Å². The molecule has 4 nitrogen and oxygen atoms in total. The molecule has 1 aromatic heterocycles. The number of aromatic nitrogens is 1. The van der Waals surface area contributed by atoms with E-state index >= 15 is 0 Å². The maximum atomic E-state index is 11.5. The number of anilines is 1. The predicted octanol–water partition coefficient (Wildman–Crippen LogP) is 2.30. The molecule has 0 radical (unpaired) electrons. The maximum Gasteiger partial charge on any atom is 0.179 e. The Labute approximate surface area is 107 Å². The van der Waals surface area contributed by atoms with Crippen molar-refractivity contribution in [1.29, 1.82) is 0 Å². The smallest absolute Gasteiger partial charge is 0.179 e. The molecule has 0 saturated heterocycles. The fourth-order valence-electron chi connectivity index (χ4n) is 1.45. The zero-order valence-corrected chi connectivity index (χ0v) is 11.6. The first-order chi connectivity index (χ1) is 7.95. The van der Waals surface area contributed by atoms with Gasteiger partial charge in [0.25, 0.3) is 0 Å². The van der Waals surface area contributed by atoms with Gasteiger partial charge < -0.3 is 5.32 Å². The lowest BCUT2D eigenvalue weighted by Gasteiger charge is -2.12. The lowest BCUT2D eigenvalue weighted by molar-refractivity contribution is 0.601. The minimum atomic E-state index is -3.26. The summed E-state index contributed by atoms with van der Waals surface area (Å²) in [5.41, 5.74) is 0. The zero-order chi connectivity index (χ0) is 12.9. The molecule has 0 bridgehead atoms. The number of alkyl halides is 1. The van der Waals surface area contributed by atoms with Crippen LogP contribution < -0.4 is 5.32 Å². The fourth-order valence-corrected chi connectivity index (χ4v) is 2.54. The minimum absolute atomic E-state index is 0.0191. The SMILES string of the molecule is CCCC(Cl)CNc1ncccc1S(C)(=O)=O. The zero-order valence-electron chi connectivity index (χ0n) is 9.98. The molecule has 0 aromatic carbocycles. The summed E-state index contributed by atoms with van der Waals surface area (Å²) in [4.78, 5) is 4.24. The van der Waals surface area contributed by atoms with E-state index in [0.29, 0.717) is 12.4 Å². The van der Waals surface area contributed by atoms with Gasteiger partial charge >= 0.3 is 0 Å². The average Bonchev–Trinajstić information content (AvgIpc) is 2.26. The Balaban J connectivity index is 2.78. The van der Waals surface area contributed by atoms with Gasteiger partial charge in [-0.1, -0.05) is 13.3 Å². The van der Waals surface area contributed by atoms with E-state index in [-0.39, 0.29) is 10.3 Å². The molecule has 96 valence electrons. The first-order valence-corrected chi connectivity index (χ1v) is 7.81. The van der Waals surface area contributed by atoms with Gasteiger partial charge in [-0.05, 0) is 18.6 Å². The van der Waals surface area contributed by atoms with E-state index in [0.717, 1.165) is 12.8 Å². The summed E-state index contributed by atoms with van der Waals surface area (Å²) >= 11 is 6.06. The minimum Gasteiger partial charge on any atom is -0.368 e. The van der Waals surface area contributed by atoms with E-state index < -0.39 is 9.84 Å². The first-order valence-electron chi connectivity index (χ1n) is 5.48. The van der Waals surface area contributed by atoms with Crippen molar-refractivity contribution in [3.63, 3.8) is 0 Å². The van der Waals surface area contributed by atoms with Gasteiger partial charge in [0.15, 0.2) is 9.84 Å². The molecular formula is C11H17ClN2O2S. The molecule has 6 heteroatoms. The van der Waals surface area contributed by atoms with Crippen LogP contribution in [0.25, 0.3) is 0 Å². The largest absolute Gasteiger partial charge is 0.368 e. The van der Waals surface area contributed by atoms with Crippen molar-refractivity contribution in [2.24, 2.45) is 0 Å². The molecule has 1 aromatic rings. The molecule has 0 aliphatic heterocycles. The third-order valence-electron chi connectivity index (χ3n) is 2.26. The lowest BCUT2D eigenvalue weighted by atomic mass is 10.2. The highest BCUT2D eigenvalue weighted by molar-refractivity contribution is 7.90. The molecule has 0 spiro atoms. The second kappa shape index (κ2) is 6.21. The molecule has 1 atom stereocenters. The second-order valence-electron chi connectivity index (χ2n) is 3.89. The summed E-state index contributed by atoms with van der Waals surface area (Å²) in [7, 11) is -3.26. The van der Waals surface area contributed by atoms with Gasteiger partial charge in [0.2, 0.25) is 0 Å². The third-order valence-corrected chi connectivity index (χ3v) is 3.76. The molecule has 1 heterocycles. The Kier molecular flexibility index (Phi) is 5.21. The molecular weight excluding hydrogens is 260 g/mol. The van der Waals surface area contributed by atoms with E-state index in [9.17, 15) is 8.42 Å². The molecule has 0 amide bonds. The van der Waals surface area contributed by atoms with Crippen LogP contribution >= 0.6 is 11.6 Å². The Morgan fingerprint density at radius 3 is 2.82 bits per heavy atom.